The van der Waals surface area contributed by atoms with Crippen LogP contribution in [0.5, 0.6) is 17.2 Å². The van der Waals surface area contributed by atoms with Crippen molar-refractivity contribution in [1.29, 1.82) is 0 Å². The van der Waals surface area contributed by atoms with E-state index in [0.717, 1.165) is 17.7 Å². The van der Waals surface area contributed by atoms with E-state index in [-0.39, 0.29) is 23.6 Å². The fourth-order valence-corrected chi connectivity index (χ4v) is 4.59. The number of halogens is 3. The maximum Gasteiger partial charge on any atom is 0.573 e. The molecular formula is C30H28F3NO6. The summed E-state index contributed by atoms with van der Waals surface area (Å²) in [5.41, 5.74) is 1.94. The molecule has 7 nitrogen and oxygen atoms in total. The number of rotatable bonds is 9. The molecule has 4 rings (SSSR count). The molecule has 0 spiro atoms. The first-order valence-corrected chi connectivity index (χ1v) is 12.4. The van der Waals surface area contributed by atoms with Gasteiger partial charge in [0.1, 0.15) is 17.2 Å². The molecule has 40 heavy (non-hydrogen) atoms. The van der Waals surface area contributed by atoms with Crippen molar-refractivity contribution in [2.45, 2.75) is 38.7 Å². The second-order valence-electron chi connectivity index (χ2n) is 9.50. The first-order chi connectivity index (χ1) is 18.9. The number of nitrogens with zero attached hydrogens (tertiary/aromatic N) is 1. The molecule has 0 fully saturated rings. The molecule has 0 aliphatic carbocycles. The Labute approximate surface area is 229 Å². The maximum absolute atomic E-state index is 13.7. The third-order valence-electron chi connectivity index (χ3n) is 6.65. The van der Waals surface area contributed by atoms with Crippen LogP contribution >= 0.6 is 0 Å². The Hall–Kier alpha value is -4.47. The summed E-state index contributed by atoms with van der Waals surface area (Å²) < 4.78 is 52.8. The monoisotopic (exact) mass is 555 g/mol. The lowest BCUT2D eigenvalue weighted by atomic mass is 9.91. The van der Waals surface area contributed by atoms with Gasteiger partial charge in [-0.3, -0.25) is 9.59 Å². The lowest BCUT2D eigenvalue weighted by Crippen LogP contribution is -2.31. The minimum absolute atomic E-state index is 0.0788. The number of carbonyl (C=O) groups is 2. The van der Waals surface area contributed by atoms with Crippen LogP contribution in [0, 0.1) is 0 Å². The highest BCUT2D eigenvalue weighted by Gasteiger charge is 2.44. The third-order valence-corrected chi connectivity index (χ3v) is 6.65. The molecule has 1 aliphatic rings. The number of amides is 1. The Morgan fingerprint density at radius 3 is 2.12 bits per heavy atom. The SMILES string of the molecule is COc1ccc(CN2C(=O)C(O)=C(C(=O)c3ccc(C(C)C)cc3)C2c2ccc(OC(F)(F)F)cc2)c(OC)c1. The van der Waals surface area contributed by atoms with E-state index in [2.05, 4.69) is 4.74 Å². The molecule has 1 unspecified atom stereocenters. The van der Waals surface area contributed by atoms with E-state index in [9.17, 15) is 27.9 Å². The van der Waals surface area contributed by atoms with Crippen molar-refractivity contribution in [1.82, 2.24) is 4.90 Å². The summed E-state index contributed by atoms with van der Waals surface area (Å²) in [5, 5.41) is 11.0. The van der Waals surface area contributed by atoms with Crippen molar-refractivity contribution in [3.63, 3.8) is 0 Å². The number of carbonyl (C=O) groups excluding carboxylic acids is 2. The van der Waals surface area contributed by atoms with Gasteiger partial charge in [-0.25, -0.2) is 0 Å². The number of methoxy groups -OCH3 is 2. The molecule has 10 heteroatoms. The molecule has 1 heterocycles. The highest BCUT2D eigenvalue weighted by atomic mass is 19.4. The summed E-state index contributed by atoms with van der Waals surface area (Å²) in [6, 6.07) is 15.5. The number of hydrogen-bond donors (Lipinski definition) is 1. The van der Waals surface area contributed by atoms with Crippen LogP contribution in [0.4, 0.5) is 13.2 Å². The van der Waals surface area contributed by atoms with Gasteiger partial charge in [-0.05, 0) is 41.3 Å². The van der Waals surface area contributed by atoms with Crippen LogP contribution in [0.15, 0.2) is 78.1 Å². The Morgan fingerprint density at radius 2 is 1.57 bits per heavy atom. The molecule has 3 aromatic carbocycles. The number of aliphatic hydroxyl groups excluding tert-OH is 1. The quantitative estimate of drug-likeness (QED) is 0.303. The zero-order chi connectivity index (χ0) is 29.2. The highest BCUT2D eigenvalue weighted by Crippen LogP contribution is 2.41. The number of ether oxygens (including phenoxy) is 3. The average molecular weight is 556 g/mol. The summed E-state index contributed by atoms with van der Waals surface area (Å²) in [5.74, 6) is -1.42. The van der Waals surface area contributed by atoms with Gasteiger partial charge in [-0.1, -0.05) is 50.2 Å². The topological polar surface area (TPSA) is 85.3 Å². The minimum Gasteiger partial charge on any atom is -0.503 e. The molecule has 1 N–H and O–H groups in total. The van der Waals surface area contributed by atoms with Crippen LogP contribution in [-0.4, -0.2) is 42.3 Å². The molecule has 0 saturated carbocycles. The van der Waals surface area contributed by atoms with E-state index in [1.165, 1.54) is 31.3 Å². The average Bonchev–Trinajstić information content (AvgIpc) is 3.17. The van der Waals surface area contributed by atoms with Crippen molar-refractivity contribution in [3.05, 3.63) is 100 Å². The second kappa shape index (κ2) is 11.3. The van der Waals surface area contributed by atoms with E-state index in [0.29, 0.717) is 22.6 Å². The fourth-order valence-electron chi connectivity index (χ4n) is 4.59. The summed E-state index contributed by atoms with van der Waals surface area (Å²) in [6.07, 6.45) is -4.89. The van der Waals surface area contributed by atoms with E-state index in [1.54, 1.807) is 42.5 Å². The zero-order valence-corrected chi connectivity index (χ0v) is 22.3. The van der Waals surface area contributed by atoms with Crippen LogP contribution in [0.25, 0.3) is 0 Å². The van der Waals surface area contributed by atoms with Crippen molar-refractivity contribution >= 4 is 11.7 Å². The van der Waals surface area contributed by atoms with Crippen molar-refractivity contribution in [3.8, 4) is 17.2 Å². The number of alkyl halides is 3. The van der Waals surface area contributed by atoms with Gasteiger partial charge in [0.2, 0.25) is 0 Å². The molecule has 1 aliphatic heterocycles. The van der Waals surface area contributed by atoms with Gasteiger partial charge in [0.25, 0.3) is 5.91 Å². The molecule has 210 valence electrons. The van der Waals surface area contributed by atoms with Crippen LogP contribution in [-0.2, 0) is 11.3 Å². The van der Waals surface area contributed by atoms with E-state index in [4.69, 9.17) is 9.47 Å². The predicted molar refractivity (Wildman–Crippen MR) is 140 cm³/mol. The van der Waals surface area contributed by atoms with Crippen LogP contribution in [0.3, 0.4) is 0 Å². The Bertz CT molecular complexity index is 1430. The largest absolute Gasteiger partial charge is 0.573 e. The van der Waals surface area contributed by atoms with Gasteiger partial charge in [0.15, 0.2) is 11.5 Å². The van der Waals surface area contributed by atoms with E-state index in [1.807, 2.05) is 13.8 Å². The Balaban J connectivity index is 1.77. The lowest BCUT2D eigenvalue weighted by Gasteiger charge is -2.28. The molecule has 0 radical (unpaired) electrons. The number of Topliss-reactive ketones (excluding diaryl/α,β-unsaturated/α-hetero) is 1. The van der Waals surface area contributed by atoms with Crippen molar-refractivity contribution in [2.75, 3.05) is 14.2 Å². The number of hydrogen-bond acceptors (Lipinski definition) is 6. The minimum atomic E-state index is -4.89. The van der Waals surface area contributed by atoms with Gasteiger partial charge < -0.3 is 24.2 Å². The molecular weight excluding hydrogens is 527 g/mol. The lowest BCUT2D eigenvalue weighted by molar-refractivity contribution is -0.274. The summed E-state index contributed by atoms with van der Waals surface area (Å²) in [7, 11) is 2.95. The number of benzene rings is 3. The smallest absolute Gasteiger partial charge is 0.503 e. The first-order valence-electron chi connectivity index (χ1n) is 12.4. The third kappa shape index (κ3) is 5.90. The number of ketones is 1. The molecule has 0 saturated heterocycles. The van der Waals surface area contributed by atoms with Crippen molar-refractivity contribution in [2.24, 2.45) is 0 Å². The van der Waals surface area contributed by atoms with Gasteiger partial charge in [-0.15, -0.1) is 13.2 Å². The van der Waals surface area contributed by atoms with Gasteiger partial charge >= 0.3 is 6.36 Å². The van der Waals surface area contributed by atoms with Gasteiger partial charge in [0, 0.05) is 17.2 Å². The first kappa shape index (κ1) is 28.5. The normalized spacial score (nSPS) is 15.6. The molecule has 1 atom stereocenters. The molecule has 1 amide bonds. The van der Waals surface area contributed by atoms with Gasteiger partial charge in [-0.2, -0.15) is 0 Å². The van der Waals surface area contributed by atoms with E-state index < -0.39 is 35.6 Å². The summed E-state index contributed by atoms with van der Waals surface area (Å²) in [6.45, 7) is 3.94. The van der Waals surface area contributed by atoms with Gasteiger partial charge in [0.05, 0.1) is 32.4 Å². The molecule has 0 bridgehead atoms. The standard InChI is InChI=1S/C30H28F3NO6/c1-17(2)18-5-7-20(8-6-18)27(35)25-26(19-9-12-22(13-10-19)40-30(31,32)33)34(29(37)28(25)36)16-21-11-14-23(38-3)15-24(21)39-4/h5-15,17,26,36H,16H2,1-4H3. The van der Waals surface area contributed by atoms with Crippen LogP contribution in [0.2, 0.25) is 0 Å². The fraction of sp³-hybridized carbons (Fsp3) is 0.267. The maximum atomic E-state index is 13.7. The Kier molecular flexibility index (Phi) is 8.08. The number of aliphatic hydroxyl groups is 1. The summed E-state index contributed by atoms with van der Waals surface area (Å²) >= 11 is 0. The summed E-state index contributed by atoms with van der Waals surface area (Å²) in [4.78, 5) is 28.4. The highest BCUT2D eigenvalue weighted by molar-refractivity contribution is 6.16. The van der Waals surface area contributed by atoms with E-state index >= 15 is 0 Å². The van der Waals surface area contributed by atoms with Crippen LogP contribution < -0.4 is 14.2 Å². The van der Waals surface area contributed by atoms with Crippen LogP contribution in [0.1, 0.15) is 52.9 Å². The predicted octanol–water partition coefficient (Wildman–Crippen LogP) is 6.50. The zero-order valence-electron chi connectivity index (χ0n) is 22.3. The molecule has 0 aromatic heterocycles. The van der Waals surface area contributed by atoms with Crippen molar-refractivity contribution < 1.29 is 42.1 Å². The second-order valence-corrected chi connectivity index (χ2v) is 9.50. The molecule has 3 aromatic rings. The Morgan fingerprint density at radius 1 is 0.950 bits per heavy atom.